The minimum absolute atomic E-state index is 0.0948. The summed E-state index contributed by atoms with van der Waals surface area (Å²) in [5.74, 6) is -0.377. The van der Waals surface area contributed by atoms with Gasteiger partial charge in [-0.1, -0.05) is 20.8 Å². The molecule has 0 aromatic heterocycles. The monoisotopic (exact) mass is 482 g/mol. The molecule has 174 valence electrons. The predicted molar refractivity (Wildman–Crippen MR) is 123 cm³/mol. The maximum absolute atomic E-state index is 13.3. The van der Waals surface area contributed by atoms with Gasteiger partial charge in [-0.05, 0) is 42.4 Å². The van der Waals surface area contributed by atoms with Gasteiger partial charge in [-0.2, -0.15) is 4.76 Å². The molecule has 0 spiro atoms. The van der Waals surface area contributed by atoms with E-state index in [0.29, 0.717) is 12.5 Å². The molecule has 2 aliphatic heterocycles. The van der Waals surface area contributed by atoms with E-state index in [-0.39, 0.29) is 33.8 Å². The van der Waals surface area contributed by atoms with Gasteiger partial charge in [0.25, 0.3) is 5.91 Å². The molecule has 1 aromatic carbocycles. The van der Waals surface area contributed by atoms with Crippen LogP contribution in [-0.2, 0) is 19.4 Å². The Morgan fingerprint density at radius 1 is 1.31 bits per heavy atom. The van der Waals surface area contributed by atoms with Crippen molar-refractivity contribution in [1.29, 1.82) is 0 Å². The number of aliphatic hydroxyl groups excluding tert-OH is 1. The number of hydrogen-bond acceptors (Lipinski definition) is 6. The molecule has 4 N–H and O–H groups in total. The summed E-state index contributed by atoms with van der Waals surface area (Å²) in [5.41, 5.74) is -0.244. The predicted octanol–water partition coefficient (Wildman–Crippen LogP) is 2.17. The summed E-state index contributed by atoms with van der Waals surface area (Å²) in [6.45, 7) is 6.27. The minimum Gasteiger partial charge on any atom is -0.509 e. The highest BCUT2D eigenvalue weighted by molar-refractivity contribution is 7.92. The maximum Gasteiger partial charge on any atom is 0.346 e. The molecular formula is C20H27N4O6PS. The van der Waals surface area contributed by atoms with Crippen LogP contribution in [0.4, 0.5) is 11.4 Å². The molecule has 2 unspecified atom stereocenters. The topological polar surface area (TPSA) is 148 Å². The summed E-state index contributed by atoms with van der Waals surface area (Å²) in [4.78, 5) is 25.6. The lowest BCUT2D eigenvalue weighted by Gasteiger charge is -2.35. The first-order valence-corrected chi connectivity index (χ1v) is 13.7. The number of sulfonamides is 1. The second-order valence-electron chi connectivity index (χ2n) is 9.65. The summed E-state index contributed by atoms with van der Waals surface area (Å²) >= 11 is 0. The zero-order chi connectivity index (χ0) is 23.6. The quantitative estimate of drug-likeness (QED) is 0.470. The van der Waals surface area contributed by atoms with E-state index >= 15 is 0 Å². The highest BCUT2D eigenvalue weighted by atomic mass is 32.2. The van der Waals surface area contributed by atoms with E-state index in [9.17, 15) is 27.8 Å². The molecule has 2 atom stereocenters. The average Bonchev–Trinajstić information content (AvgIpc) is 3.38. The van der Waals surface area contributed by atoms with Gasteiger partial charge in [0.05, 0.1) is 23.3 Å². The maximum atomic E-state index is 13.3. The largest absolute Gasteiger partial charge is 0.509 e. The van der Waals surface area contributed by atoms with Crippen LogP contribution in [0.5, 0.6) is 0 Å². The minimum atomic E-state index is -4.35. The van der Waals surface area contributed by atoms with E-state index in [1.54, 1.807) is 4.90 Å². The molecular weight excluding hydrogens is 455 g/mol. The number of amides is 1. The number of aliphatic hydroxyl groups is 1. The Bertz CT molecular complexity index is 1210. The van der Waals surface area contributed by atoms with Gasteiger partial charge in [0.1, 0.15) is 11.3 Å². The van der Waals surface area contributed by atoms with Crippen molar-refractivity contribution in [3.63, 3.8) is 0 Å². The number of carbonyl (C=O) groups excluding carboxylic acids is 1. The van der Waals surface area contributed by atoms with Crippen LogP contribution in [0, 0.1) is 11.3 Å². The first kappa shape index (κ1) is 22.8. The number of amidine groups is 1. The Labute approximate surface area is 187 Å². The summed E-state index contributed by atoms with van der Waals surface area (Å²) in [6, 6.07) is 3.52. The van der Waals surface area contributed by atoms with Gasteiger partial charge in [0, 0.05) is 12.2 Å². The lowest BCUT2D eigenvalue weighted by atomic mass is 9.85. The number of nitrogens with one attached hydrogen (secondary N) is 2. The summed E-state index contributed by atoms with van der Waals surface area (Å²) in [5, 5.41) is 13.8. The average molecular weight is 482 g/mol. The number of hydrogen-bond donors (Lipinski definition) is 4. The molecule has 4 rings (SSSR count). The smallest absolute Gasteiger partial charge is 0.346 e. The molecule has 1 amide bonds. The number of nitrogens with zero attached hydrogens (tertiary/aromatic N) is 2. The van der Waals surface area contributed by atoms with Crippen LogP contribution in [0.2, 0.25) is 0 Å². The standard InChI is InChI=1S/C20H27N4O6PS/c1-20(2,3)17-16(25)15(19(26)24(17)10-11-5-6-11)18-21-13-8-7-12(23-32(4,29)30)9-14(13)31(27,28)22-18/h7-9,11,17,23,25H,5-6,10H2,1-4H3,(H2,21,22,27,28). The van der Waals surface area contributed by atoms with Gasteiger partial charge in [-0.3, -0.25) is 14.1 Å². The van der Waals surface area contributed by atoms with Gasteiger partial charge in [0.2, 0.25) is 10.0 Å². The van der Waals surface area contributed by atoms with E-state index in [0.717, 1.165) is 19.1 Å². The molecule has 10 nitrogen and oxygen atoms in total. The Morgan fingerprint density at radius 3 is 2.53 bits per heavy atom. The van der Waals surface area contributed by atoms with Gasteiger partial charge in [-0.25, -0.2) is 8.42 Å². The number of fused-ring (bicyclic) bond motifs is 1. The van der Waals surface area contributed by atoms with Crippen molar-refractivity contribution in [1.82, 2.24) is 4.90 Å². The summed E-state index contributed by atoms with van der Waals surface area (Å²) in [7, 11) is -7.93. The molecule has 2 heterocycles. The molecule has 0 bridgehead atoms. The van der Waals surface area contributed by atoms with Crippen molar-refractivity contribution in [3.05, 3.63) is 29.5 Å². The van der Waals surface area contributed by atoms with E-state index in [4.69, 9.17) is 0 Å². The fourth-order valence-electron chi connectivity index (χ4n) is 4.13. The fourth-order valence-corrected chi connectivity index (χ4v) is 5.97. The molecule has 32 heavy (non-hydrogen) atoms. The van der Waals surface area contributed by atoms with Crippen LogP contribution in [0.1, 0.15) is 33.6 Å². The van der Waals surface area contributed by atoms with Gasteiger partial charge >= 0.3 is 7.52 Å². The van der Waals surface area contributed by atoms with Crippen LogP contribution >= 0.6 is 7.52 Å². The number of rotatable bonds is 5. The van der Waals surface area contributed by atoms with E-state index in [1.165, 1.54) is 18.2 Å². The number of benzene rings is 1. The van der Waals surface area contributed by atoms with Crippen molar-refractivity contribution < 1.29 is 27.8 Å². The molecule has 1 aromatic rings. The first-order valence-electron chi connectivity index (χ1n) is 10.2. The van der Waals surface area contributed by atoms with Crippen LogP contribution in [0.25, 0.3) is 0 Å². The van der Waals surface area contributed by atoms with Crippen LogP contribution in [0.3, 0.4) is 0 Å². The molecule has 1 saturated carbocycles. The third-order valence-electron chi connectivity index (χ3n) is 5.61. The number of carbonyl (C=O) groups is 1. The Balaban J connectivity index is 1.74. The molecule has 3 aliphatic rings. The van der Waals surface area contributed by atoms with Gasteiger partial charge in [0.15, 0.2) is 5.84 Å². The third-order valence-corrected chi connectivity index (χ3v) is 7.69. The molecule has 0 radical (unpaired) electrons. The van der Waals surface area contributed by atoms with Crippen molar-refractivity contribution in [3.8, 4) is 0 Å². The molecule has 0 saturated heterocycles. The van der Waals surface area contributed by atoms with Crippen LogP contribution in [-0.4, -0.2) is 53.9 Å². The van der Waals surface area contributed by atoms with E-state index in [2.05, 4.69) is 14.8 Å². The fraction of sp³-hybridized carbons (Fsp3) is 0.500. The lowest BCUT2D eigenvalue weighted by molar-refractivity contribution is -0.128. The van der Waals surface area contributed by atoms with Crippen molar-refractivity contribution >= 4 is 46.0 Å². The third kappa shape index (κ3) is 4.29. The molecule has 12 heteroatoms. The van der Waals surface area contributed by atoms with E-state index < -0.39 is 34.9 Å². The lowest BCUT2D eigenvalue weighted by Crippen LogP contribution is -2.45. The Kier molecular flexibility index (Phi) is 5.23. The molecule has 1 fully saturated rings. The Morgan fingerprint density at radius 2 is 1.97 bits per heavy atom. The van der Waals surface area contributed by atoms with E-state index in [1.807, 2.05) is 20.8 Å². The second kappa shape index (κ2) is 7.33. The highest BCUT2D eigenvalue weighted by Crippen LogP contribution is 2.49. The number of anilines is 2. The van der Waals surface area contributed by atoms with Crippen molar-refractivity contribution in [2.75, 3.05) is 22.8 Å². The second-order valence-corrected chi connectivity index (χ2v) is 13.2. The van der Waals surface area contributed by atoms with Gasteiger partial charge < -0.3 is 20.2 Å². The molecule has 1 aliphatic carbocycles. The van der Waals surface area contributed by atoms with Gasteiger partial charge in [-0.15, -0.1) is 0 Å². The summed E-state index contributed by atoms with van der Waals surface area (Å²) in [6.07, 6.45) is 3.03. The zero-order valence-corrected chi connectivity index (χ0v) is 20.0. The SMILES string of the molecule is CC(C)(C)C1C(O)=C(C2=NP(=O)(O)c3cc(NS(C)(=O)=O)ccc3N2)C(=O)N1CC1CC1. The van der Waals surface area contributed by atoms with Crippen molar-refractivity contribution in [2.45, 2.75) is 39.7 Å². The van der Waals surface area contributed by atoms with Crippen molar-refractivity contribution in [2.24, 2.45) is 16.1 Å². The zero-order valence-electron chi connectivity index (χ0n) is 18.3. The first-order chi connectivity index (χ1) is 14.7. The summed E-state index contributed by atoms with van der Waals surface area (Å²) < 4.78 is 42.2. The normalized spacial score (nSPS) is 26.0. The van der Waals surface area contributed by atoms with Crippen LogP contribution < -0.4 is 15.3 Å². The van der Waals surface area contributed by atoms with Crippen LogP contribution in [0.15, 0.2) is 34.3 Å². The highest BCUT2D eigenvalue weighted by Gasteiger charge is 2.49. The Hall–Kier alpha value is -2.36.